The highest BCUT2D eigenvalue weighted by atomic mass is 35.5. The molecule has 1 unspecified atom stereocenters. The average molecular weight is 441 g/mol. The fourth-order valence-electron chi connectivity index (χ4n) is 3.99. The first-order valence-corrected chi connectivity index (χ1v) is 10.7. The lowest BCUT2D eigenvalue weighted by Crippen LogP contribution is -2.47. The van der Waals surface area contributed by atoms with Crippen LogP contribution in [-0.4, -0.2) is 43.9 Å². The topological polar surface area (TPSA) is 81.8 Å². The second kappa shape index (κ2) is 8.59. The van der Waals surface area contributed by atoms with E-state index in [4.69, 9.17) is 11.6 Å². The number of amides is 3. The molecule has 2 fully saturated rings. The minimum atomic E-state index is -0.731. The monoisotopic (exact) mass is 440 g/mol. The molecule has 3 amide bonds. The Morgan fingerprint density at radius 3 is 2.61 bits per heavy atom. The number of piperazine rings is 1. The highest BCUT2D eigenvalue weighted by Gasteiger charge is 2.37. The van der Waals surface area contributed by atoms with Crippen LogP contribution >= 0.6 is 11.6 Å². The Hall–Kier alpha value is -3.06. The molecule has 0 bridgehead atoms. The summed E-state index contributed by atoms with van der Waals surface area (Å²) in [5, 5.41) is 6.04. The molecule has 8 heteroatoms. The van der Waals surface area contributed by atoms with E-state index in [9.17, 15) is 14.4 Å². The standard InChI is InChI=1S/C23H25ClN4O3/c1-14-3-5-17(11-15(14)2)28-9-7-18(23(28)31)22(30)26-16-4-6-20(19(24)12-16)27-10-8-25-21(29)13-27/h3-6,11-12,18H,7-10,13H2,1-2H3,(H,25,29)(H,26,30). The van der Waals surface area contributed by atoms with Gasteiger partial charge in [-0.2, -0.15) is 0 Å². The first kappa shape index (κ1) is 21.2. The van der Waals surface area contributed by atoms with Gasteiger partial charge in [0.15, 0.2) is 0 Å². The Labute approximate surface area is 186 Å². The molecule has 2 aromatic rings. The predicted octanol–water partition coefficient (Wildman–Crippen LogP) is 2.88. The fourth-order valence-corrected chi connectivity index (χ4v) is 4.29. The van der Waals surface area contributed by atoms with Gasteiger partial charge >= 0.3 is 0 Å². The quantitative estimate of drug-likeness (QED) is 0.716. The number of halogens is 1. The lowest BCUT2D eigenvalue weighted by molar-refractivity contribution is -0.129. The molecular formula is C23H25ClN4O3. The molecule has 1 atom stereocenters. The van der Waals surface area contributed by atoms with Crippen molar-refractivity contribution in [2.45, 2.75) is 20.3 Å². The maximum absolute atomic E-state index is 12.9. The van der Waals surface area contributed by atoms with Gasteiger partial charge in [-0.25, -0.2) is 0 Å². The van der Waals surface area contributed by atoms with Crippen LogP contribution in [0.25, 0.3) is 0 Å². The molecule has 2 aromatic carbocycles. The zero-order valence-electron chi connectivity index (χ0n) is 17.6. The summed E-state index contributed by atoms with van der Waals surface area (Å²) >= 11 is 6.41. The smallest absolute Gasteiger partial charge is 0.239 e. The summed E-state index contributed by atoms with van der Waals surface area (Å²) in [6, 6.07) is 11.1. The molecule has 2 heterocycles. The van der Waals surface area contributed by atoms with Crippen LogP contribution in [0.5, 0.6) is 0 Å². The summed E-state index contributed by atoms with van der Waals surface area (Å²) in [5.74, 6) is -1.31. The fraction of sp³-hybridized carbons (Fsp3) is 0.348. The van der Waals surface area contributed by atoms with Crippen LogP contribution in [-0.2, 0) is 14.4 Å². The minimum Gasteiger partial charge on any atom is -0.359 e. The number of anilines is 3. The van der Waals surface area contributed by atoms with E-state index in [2.05, 4.69) is 10.6 Å². The highest BCUT2D eigenvalue weighted by Crippen LogP contribution is 2.31. The predicted molar refractivity (Wildman–Crippen MR) is 122 cm³/mol. The van der Waals surface area contributed by atoms with Crippen molar-refractivity contribution in [2.75, 3.05) is 41.3 Å². The summed E-state index contributed by atoms with van der Waals surface area (Å²) in [4.78, 5) is 40.9. The summed E-state index contributed by atoms with van der Waals surface area (Å²) < 4.78 is 0. The summed E-state index contributed by atoms with van der Waals surface area (Å²) in [5.41, 5.74) is 4.36. The van der Waals surface area contributed by atoms with E-state index in [1.54, 1.807) is 23.1 Å². The van der Waals surface area contributed by atoms with Crippen molar-refractivity contribution < 1.29 is 14.4 Å². The number of rotatable bonds is 4. The van der Waals surface area contributed by atoms with Crippen molar-refractivity contribution in [2.24, 2.45) is 5.92 Å². The lowest BCUT2D eigenvalue weighted by atomic mass is 10.1. The van der Waals surface area contributed by atoms with Crippen molar-refractivity contribution in [1.29, 1.82) is 0 Å². The molecule has 0 radical (unpaired) electrons. The van der Waals surface area contributed by atoms with Crippen LogP contribution in [0.1, 0.15) is 17.5 Å². The zero-order valence-corrected chi connectivity index (χ0v) is 18.3. The zero-order chi connectivity index (χ0) is 22.1. The van der Waals surface area contributed by atoms with Crippen LogP contribution in [0, 0.1) is 19.8 Å². The molecule has 162 valence electrons. The maximum Gasteiger partial charge on any atom is 0.239 e. The minimum absolute atomic E-state index is 0.0484. The molecule has 0 aliphatic carbocycles. The van der Waals surface area contributed by atoms with E-state index in [-0.39, 0.29) is 24.3 Å². The third-order valence-corrected chi connectivity index (χ3v) is 6.22. The summed E-state index contributed by atoms with van der Waals surface area (Å²) in [7, 11) is 0. The first-order valence-electron chi connectivity index (χ1n) is 10.3. The molecular weight excluding hydrogens is 416 g/mol. The van der Waals surface area contributed by atoms with E-state index in [0.717, 1.165) is 22.5 Å². The molecule has 2 N–H and O–H groups in total. The number of nitrogens with one attached hydrogen (secondary N) is 2. The summed E-state index contributed by atoms with van der Waals surface area (Å²) in [6.45, 7) is 6.02. The second-order valence-electron chi connectivity index (χ2n) is 8.03. The van der Waals surface area contributed by atoms with Gasteiger partial charge in [-0.15, -0.1) is 0 Å². The Morgan fingerprint density at radius 2 is 1.90 bits per heavy atom. The number of aryl methyl sites for hydroxylation is 2. The van der Waals surface area contributed by atoms with E-state index >= 15 is 0 Å². The van der Waals surface area contributed by atoms with Gasteiger partial charge < -0.3 is 20.4 Å². The third-order valence-electron chi connectivity index (χ3n) is 5.92. The molecule has 0 spiro atoms. The van der Waals surface area contributed by atoms with Gasteiger partial charge in [0.05, 0.1) is 17.3 Å². The van der Waals surface area contributed by atoms with Gasteiger partial charge in [-0.05, 0) is 61.7 Å². The van der Waals surface area contributed by atoms with Gasteiger partial charge in [0.25, 0.3) is 0 Å². The number of benzene rings is 2. The molecule has 7 nitrogen and oxygen atoms in total. The molecule has 0 aromatic heterocycles. The van der Waals surface area contributed by atoms with E-state index in [1.165, 1.54) is 0 Å². The highest BCUT2D eigenvalue weighted by molar-refractivity contribution is 6.33. The van der Waals surface area contributed by atoms with Gasteiger partial charge in [0.2, 0.25) is 17.7 Å². The Kier molecular flexibility index (Phi) is 5.87. The van der Waals surface area contributed by atoms with Gasteiger partial charge in [-0.1, -0.05) is 17.7 Å². The molecule has 2 saturated heterocycles. The van der Waals surface area contributed by atoms with Crippen LogP contribution in [0.4, 0.5) is 17.1 Å². The normalized spacial score (nSPS) is 18.9. The molecule has 2 aliphatic rings. The number of carbonyl (C=O) groups excluding carboxylic acids is 3. The number of hydrogen-bond donors (Lipinski definition) is 2. The second-order valence-corrected chi connectivity index (χ2v) is 8.43. The van der Waals surface area contributed by atoms with E-state index < -0.39 is 5.92 Å². The van der Waals surface area contributed by atoms with Crippen molar-refractivity contribution in [3.63, 3.8) is 0 Å². The lowest BCUT2D eigenvalue weighted by Gasteiger charge is -2.29. The van der Waals surface area contributed by atoms with E-state index in [1.807, 2.05) is 36.9 Å². The Bertz CT molecular complexity index is 1060. The van der Waals surface area contributed by atoms with Crippen LogP contribution in [0.15, 0.2) is 36.4 Å². The number of nitrogens with zero attached hydrogens (tertiary/aromatic N) is 2. The Balaban J connectivity index is 1.43. The molecule has 31 heavy (non-hydrogen) atoms. The van der Waals surface area contributed by atoms with Gasteiger partial charge in [0.1, 0.15) is 5.92 Å². The first-order chi connectivity index (χ1) is 14.8. The Morgan fingerprint density at radius 1 is 1.10 bits per heavy atom. The summed E-state index contributed by atoms with van der Waals surface area (Å²) in [6.07, 6.45) is 0.465. The number of hydrogen-bond acceptors (Lipinski definition) is 4. The van der Waals surface area contributed by atoms with Crippen molar-refractivity contribution >= 4 is 46.4 Å². The molecule has 0 saturated carbocycles. The maximum atomic E-state index is 12.9. The average Bonchev–Trinajstić information content (AvgIpc) is 3.11. The van der Waals surface area contributed by atoms with Crippen molar-refractivity contribution in [1.82, 2.24) is 5.32 Å². The SMILES string of the molecule is Cc1ccc(N2CCC(C(=O)Nc3ccc(N4CCNC(=O)C4)c(Cl)c3)C2=O)cc1C. The van der Waals surface area contributed by atoms with Crippen LogP contribution in [0.2, 0.25) is 5.02 Å². The van der Waals surface area contributed by atoms with Crippen LogP contribution in [0.3, 0.4) is 0 Å². The van der Waals surface area contributed by atoms with Gasteiger partial charge in [0, 0.05) is 31.0 Å². The molecule has 2 aliphatic heterocycles. The van der Waals surface area contributed by atoms with Crippen LogP contribution < -0.4 is 20.4 Å². The van der Waals surface area contributed by atoms with Gasteiger partial charge in [-0.3, -0.25) is 14.4 Å². The molecule has 4 rings (SSSR count). The largest absolute Gasteiger partial charge is 0.359 e. The third kappa shape index (κ3) is 4.37. The van der Waals surface area contributed by atoms with Crippen molar-refractivity contribution in [3.05, 3.63) is 52.5 Å². The number of carbonyl (C=O) groups is 3. The van der Waals surface area contributed by atoms with E-state index in [0.29, 0.717) is 36.8 Å². The van der Waals surface area contributed by atoms with Crippen molar-refractivity contribution in [3.8, 4) is 0 Å².